The van der Waals surface area contributed by atoms with Gasteiger partial charge in [0.25, 0.3) is 0 Å². The molecule has 0 N–H and O–H groups in total. The summed E-state index contributed by atoms with van der Waals surface area (Å²) in [5.41, 5.74) is 1.17. The van der Waals surface area contributed by atoms with E-state index in [0.717, 1.165) is 13.0 Å². The van der Waals surface area contributed by atoms with Gasteiger partial charge in [-0.15, -0.1) is 0 Å². The smallest absolute Gasteiger partial charge is 0.0392 e. The van der Waals surface area contributed by atoms with Crippen LogP contribution in [0.1, 0.15) is 12.8 Å². The van der Waals surface area contributed by atoms with Gasteiger partial charge in [-0.2, -0.15) is 0 Å². The minimum absolute atomic E-state index is 0.999. The van der Waals surface area contributed by atoms with Crippen LogP contribution in [-0.2, 0) is 0 Å². The third-order valence-electron chi connectivity index (χ3n) is 1.06. The number of hydrogen-bond acceptors (Lipinski definition) is 1. The van der Waals surface area contributed by atoms with Crippen LogP contribution < -0.4 is 0 Å². The van der Waals surface area contributed by atoms with Crippen LogP contribution in [0, 0.1) is 0 Å². The largest absolute Gasteiger partial charge is 0.293 e. The van der Waals surface area contributed by atoms with E-state index in [4.69, 9.17) is 0 Å². The highest BCUT2D eigenvalue weighted by Gasteiger charge is 1.93. The topological polar surface area (TPSA) is 12.4 Å². The van der Waals surface area contributed by atoms with Gasteiger partial charge >= 0.3 is 0 Å². The lowest BCUT2D eigenvalue weighted by molar-refractivity contribution is 0.825. The summed E-state index contributed by atoms with van der Waals surface area (Å²) in [6, 6.07) is 0. The van der Waals surface area contributed by atoms with E-state index in [0.29, 0.717) is 0 Å². The average Bonchev–Trinajstić information content (AvgIpc) is 1.69. The highest BCUT2D eigenvalue weighted by atomic mass is 14.7. The van der Waals surface area contributed by atoms with Gasteiger partial charge in [0.15, 0.2) is 0 Å². The van der Waals surface area contributed by atoms with Crippen molar-refractivity contribution < 1.29 is 0 Å². The second-order valence-corrected chi connectivity index (χ2v) is 1.80. The van der Waals surface area contributed by atoms with Gasteiger partial charge in [-0.25, -0.2) is 0 Å². The maximum Gasteiger partial charge on any atom is 0.0392 e. The Morgan fingerprint density at radius 1 is 1.71 bits per heavy atom. The van der Waals surface area contributed by atoms with E-state index in [1.54, 1.807) is 0 Å². The van der Waals surface area contributed by atoms with Gasteiger partial charge in [-0.1, -0.05) is 6.58 Å². The molecule has 38 valence electrons. The predicted octanol–water partition coefficient (Wildman–Crippen LogP) is 1.41. The van der Waals surface area contributed by atoms with Crippen LogP contribution in [0.25, 0.3) is 0 Å². The minimum atomic E-state index is 0.999. The summed E-state index contributed by atoms with van der Waals surface area (Å²) in [6.07, 6.45) is 4.20. The Balaban J connectivity index is 2.51. The van der Waals surface area contributed by atoms with Gasteiger partial charge in [0.2, 0.25) is 0 Å². The fourth-order valence-corrected chi connectivity index (χ4v) is 0.656. The molecular formula is C6H9N. The Bertz CT molecular complexity index is 103. The molecule has 1 heterocycles. The van der Waals surface area contributed by atoms with Crippen molar-refractivity contribution >= 4 is 6.21 Å². The van der Waals surface area contributed by atoms with E-state index in [2.05, 4.69) is 11.6 Å². The molecule has 0 aliphatic carbocycles. The lowest BCUT2D eigenvalue weighted by atomic mass is 10.1. The van der Waals surface area contributed by atoms with Crippen molar-refractivity contribution in [2.24, 2.45) is 4.99 Å². The van der Waals surface area contributed by atoms with Crippen LogP contribution in [-0.4, -0.2) is 12.8 Å². The van der Waals surface area contributed by atoms with Crippen LogP contribution in [0.3, 0.4) is 0 Å². The van der Waals surface area contributed by atoms with Gasteiger partial charge < -0.3 is 0 Å². The van der Waals surface area contributed by atoms with Gasteiger partial charge in [-0.05, 0) is 18.4 Å². The number of allylic oxidation sites excluding steroid dienone is 1. The first-order valence-corrected chi connectivity index (χ1v) is 2.57. The lowest BCUT2D eigenvalue weighted by Crippen LogP contribution is -1.93. The van der Waals surface area contributed by atoms with Crippen molar-refractivity contribution in [1.82, 2.24) is 0 Å². The number of aliphatic imine (C=N–C) groups is 1. The van der Waals surface area contributed by atoms with Crippen LogP contribution in [0.4, 0.5) is 0 Å². The molecule has 7 heavy (non-hydrogen) atoms. The molecule has 0 fully saturated rings. The SMILES string of the molecule is C=C1C=NCCC1. The Hall–Kier alpha value is -0.590. The molecule has 1 heteroatoms. The molecule has 1 aliphatic heterocycles. The molecule has 0 spiro atoms. The molecule has 1 aliphatic rings. The second-order valence-electron chi connectivity index (χ2n) is 1.80. The molecule has 0 saturated carbocycles. The molecule has 1 rings (SSSR count). The summed E-state index contributed by atoms with van der Waals surface area (Å²) in [4.78, 5) is 4.03. The molecule has 0 amide bonds. The number of hydrogen-bond donors (Lipinski definition) is 0. The summed E-state index contributed by atoms with van der Waals surface area (Å²) >= 11 is 0. The molecular weight excluding hydrogens is 86.1 g/mol. The van der Waals surface area contributed by atoms with E-state index in [1.165, 1.54) is 12.0 Å². The Labute approximate surface area is 43.8 Å². The van der Waals surface area contributed by atoms with E-state index in [1.807, 2.05) is 6.21 Å². The normalized spacial score (nSPS) is 20.3. The fraction of sp³-hybridized carbons (Fsp3) is 0.500. The van der Waals surface area contributed by atoms with Crippen LogP contribution >= 0.6 is 0 Å². The number of nitrogens with zero attached hydrogens (tertiary/aromatic N) is 1. The van der Waals surface area contributed by atoms with E-state index < -0.39 is 0 Å². The van der Waals surface area contributed by atoms with Crippen molar-refractivity contribution in [3.8, 4) is 0 Å². The fourth-order valence-electron chi connectivity index (χ4n) is 0.656. The molecule has 0 unspecified atom stereocenters. The van der Waals surface area contributed by atoms with Crippen molar-refractivity contribution in [1.29, 1.82) is 0 Å². The van der Waals surface area contributed by atoms with Gasteiger partial charge in [0, 0.05) is 12.8 Å². The molecule has 1 nitrogen and oxygen atoms in total. The Kier molecular flexibility index (Phi) is 1.25. The molecule has 0 radical (unpaired) electrons. The average molecular weight is 95.1 g/mol. The lowest BCUT2D eigenvalue weighted by Gasteiger charge is -2.01. The van der Waals surface area contributed by atoms with E-state index in [9.17, 15) is 0 Å². The summed E-state index contributed by atoms with van der Waals surface area (Å²) < 4.78 is 0. The van der Waals surface area contributed by atoms with Crippen molar-refractivity contribution in [2.45, 2.75) is 12.8 Å². The first kappa shape index (κ1) is 4.57. The minimum Gasteiger partial charge on any atom is -0.293 e. The first-order chi connectivity index (χ1) is 3.39. The highest BCUT2D eigenvalue weighted by Crippen LogP contribution is 2.03. The van der Waals surface area contributed by atoms with Crippen LogP contribution in [0.2, 0.25) is 0 Å². The number of rotatable bonds is 0. The Morgan fingerprint density at radius 3 is 2.86 bits per heavy atom. The zero-order chi connectivity index (χ0) is 5.11. The monoisotopic (exact) mass is 95.1 g/mol. The second kappa shape index (κ2) is 1.92. The van der Waals surface area contributed by atoms with Crippen molar-refractivity contribution in [3.05, 3.63) is 12.2 Å². The zero-order valence-electron chi connectivity index (χ0n) is 4.35. The summed E-state index contributed by atoms with van der Waals surface area (Å²) in [7, 11) is 0. The van der Waals surface area contributed by atoms with Crippen molar-refractivity contribution in [3.63, 3.8) is 0 Å². The van der Waals surface area contributed by atoms with Crippen LogP contribution in [0.15, 0.2) is 17.1 Å². The van der Waals surface area contributed by atoms with Gasteiger partial charge in [0.05, 0.1) is 0 Å². The van der Waals surface area contributed by atoms with Crippen LogP contribution in [0.5, 0.6) is 0 Å². The molecule has 0 aromatic heterocycles. The molecule has 0 aromatic rings. The summed E-state index contributed by atoms with van der Waals surface area (Å²) in [6.45, 7) is 4.76. The van der Waals surface area contributed by atoms with E-state index >= 15 is 0 Å². The van der Waals surface area contributed by atoms with Crippen molar-refractivity contribution in [2.75, 3.05) is 6.54 Å². The first-order valence-electron chi connectivity index (χ1n) is 2.57. The Morgan fingerprint density at radius 2 is 2.57 bits per heavy atom. The third kappa shape index (κ3) is 1.15. The maximum atomic E-state index is 4.03. The standard InChI is InChI=1S/C6H9N/c1-6-3-2-4-7-5-6/h5H,1-4H2. The molecule has 0 saturated heterocycles. The summed E-state index contributed by atoms with van der Waals surface area (Å²) in [5.74, 6) is 0. The predicted molar refractivity (Wildman–Crippen MR) is 31.7 cm³/mol. The quantitative estimate of drug-likeness (QED) is 0.431. The van der Waals surface area contributed by atoms with Gasteiger partial charge in [-0.3, -0.25) is 4.99 Å². The van der Waals surface area contributed by atoms with Gasteiger partial charge in [0.1, 0.15) is 0 Å². The molecule has 0 aromatic carbocycles. The third-order valence-corrected chi connectivity index (χ3v) is 1.06. The van der Waals surface area contributed by atoms with E-state index in [-0.39, 0.29) is 0 Å². The molecule has 0 atom stereocenters. The zero-order valence-corrected chi connectivity index (χ0v) is 4.35. The highest BCUT2D eigenvalue weighted by molar-refractivity contribution is 5.78. The summed E-state index contributed by atoms with van der Waals surface area (Å²) in [5, 5.41) is 0. The maximum absolute atomic E-state index is 4.03. The molecule has 0 bridgehead atoms.